The summed E-state index contributed by atoms with van der Waals surface area (Å²) in [5.41, 5.74) is 7.37. The van der Waals surface area contributed by atoms with Crippen LogP contribution < -0.4 is 11.1 Å². The van der Waals surface area contributed by atoms with E-state index in [-0.39, 0.29) is 6.04 Å². The van der Waals surface area contributed by atoms with E-state index in [1.54, 1.807) is 22.7 Å². The number of nitrogens with zero attached hydrogens (tertiary/aromatic N) is 2. The predicted molar refractivity (Wildman–Crippen MR) is 112 cm³/mol. The second kappa shape index (κ2) is 7.72. The second-order valence-electron chi connectivity index (χ2n) is 6.02. The summed E-state index contributed by atoms with van der Waals surface area (Å²) in [6.45, 7) is 0.672. The van der Waals surface area contributed by atoms with Gasteiger partial charge in [0.05, 0.1) is 9.21 Å². The van der Waals surface area contributed by atoms with Crippen molar-refractivity contribution in [1.82, 2.24) is 9.97 Å². The van der Waals surface area contributed by atoms with Crippen LogP contribution in [0.3, 0.4) is 0 Å². The van der Waals surface area contributed by atoms with Gasteiger partial charge in [-0.2, -0.15) is 0 Å². The lowest BCUT2D eigenvalue weighted by atomic mass is 10.1. The monoisotopic (exact) mass is 400 g/mol. The molecule has 0 spiro atoms. The van der Waals surface area contributed by atoms with E-state index in [0.29, 0.717) is 6.54 Å². The highest BCUT2D eigenvalue weighted by Gasteiger charge is 2.09. The number of aromatic nitrogens is 2. The predicted octanol–water partition coefficient (Wildman–Crippen LogP) is 5.06. The molecule has 0 saturated carbocycles. The Morgan fingerprint density at radius 3 is 2.85 bits per heavy atom. The zero-order chi connectivity index (χ0) is 17.9. The maximum absolute atomic E-state index is 6.21. The smallest absolute Gasteiger partial charge is 0.183 e. The summed E-state index contributed by atoms with van der Waals surface area (Å²) in [4.78, 5) is 11.0. The number of hydrogen-bond acceptors (Lipinski definition) is 6. The van der Waals surface area contributed by atoms with Crippen molar-refractivity contribution in [3.63, 3.8) is 0 Å². The number of thiazole rings is 1. The van der Waals surface area contributed by atoms with E-state index in [2.05, 4.69) is 33.5 Å². The van der Waals surface area contributed by atoms with Gasteiger partial charge in [0.25, 0.3) is 0 Å². The third-order valence-electron chi connectivity index (χ3n) is 4.04. The zero-order valence-corrected chi connectivity index (χ0v) is 16.2. The lowest BCUT2D eigenvalue weighted by Crippen LogP contribution is -2.30. The van der Waals surface area contributed by atoms with Gasteiger partial charge in [-0.25, -0.2) is 4.98 Å². The molecule has 0 amide bonds. The van der Waals surface area contributed by atoms with Crippen LogP contribution in [0, 0.1) is 0 Å². The molecule has 0 bridgehead atoms. The molecule has 0 aliphatic carbocycles. The molecule has 1 unspecified atom stereocenters. The molecule has 7 heteroatoms. The van der Waals surface area contributed by atoms with Gasteiger partial charge in [-0.05, 0) is 41.6 Å². The van der Waals surface area contributed by atoms with Gasteiger partial charge in [-0.15, -0.1) is 11.3 Å². The van der Waals surface area contributed by atoms with Gasteiger partial charge in [0.1, 0.15) is 0 Å². The number of halogens is 1. The molecule has 4 rings (SSSR count). The van der Waals surface area contributed by atoms with E-state index in [1.807, 2.05) is 36.8 Å². The number of pyridine rings is 1. The van der Waals surface area contributed by atoms with E-state index in [4.69, 9.17) is 17.3 Å². The SMILES string of the molecule is NC(CNc1ncc(-c2ccc3cnccc3c2)s1)Cc1ccc(Cl)s1. The van der Waals surface area contributed by atoms with Crippen LogP contribution in [0.5, 0.6) is 0 Å². The molecular weight excluding hydrogens is 384 g/mol. The van der Waals surface area contributed by atoms with Crippen molar-refractivity contribution in [3.8, 4) is 10.4 Å². The van der Waals surface area contributed by atoms with Crippen molar-refractivity contribution >= 4 is 50.2 Å². The normalized spacial score (nSPS) is 12.4. The Balaban J connectivity index is 1.40. The number of anilines is 1. The highest BCUT2D eigenvalue weighted by atomic mass is 35.5. The fourth-order valence-electron chi connectivity index (χ4n) is 2.74. The first-order chi connectivity index (χ1) is 12.7. The molecule has 0 fully saturated rings. The summed E-state index contributed by atoms with van der Waals surface area (Å²) in [6, 6.07) is 12.3. The molecule has 3 heterocycles. The van der Waals surface area contributed by atoms with Crippen LogP contribution in [0.2, 0.25) is 4.34 Å². The van der Waals surface area contributed by atoms with Gasteiger partial charge in [-0.1, -0.05) is 35.1 Å². The van der Waals surface area contributed by atoms with Crippen molar-refractivity contribution in [2.75, 3.05) is 11.9 Å². The highest BCUT2D eigenvalue weighted by molar-refractivity contribution is 7.18. The van der Waals surface area contributed by atoms with Crippen molar-refractivity contribution < 1.29 is 0 Å². The number of fused-ring (bicyclic) bond motifs is 1. The number of nitrogens with one attached hydrogen (secondary N) is 1. The Morgan fingerprint density at radius 1 is 1.08 bits per heavy atom. The van der Waals surface area contributed by atoms with Crippen molar-refractivity contribution in [1.29, 1.82) is 0 Å². The Labute approximate surface area is 164 Å². The van der Waals surface area contributed by atoms with Gasteiger partial charge < -0.3 is 11.1 Å². The third kappa shape index (κ3) is 4.04. The van der Waals surface area contributed by atoms with Gasteiger partial charge in [-0.3, -0.25) is 4.98 Å². The first-order valence-corrected chi connectivity index (χ1v) is 10.2. The molecule has 1 aromatic carbocycles. The van der Waals surface area contributed by atoms with Crippen molar-refractivity contribution in [2.24, 2.45) is 5.73 Å². The van der Waals surface area contributed by atoms with E-state index >= 15 is 0 Å². The highest BCUT2D eigenvalue weighted by Crippen LogP contribution is 2.31. The average Bonchev–Trinajstić information content (AvgIpc) is 3.28. The lowest BCUT2D eigenvalue weighted by Gasteiger charge is -2.10. The van der Waals surface area contributed by atoms with E-state index in [9.17, 15) is 0 Å². The minimum Gasteiger partial charge on any atom is -0.360 e. The lowest BCUT2D eigenvalue weighted by molar-refractivity contribution is 0.706. The van der Waals surface area contributed by atoms with Gasteiger partial charge in [0.15, 0.2) is 5.13 Å². The summed E-state index contributed by atoms with van der Waals surface area (Å²) < 4.78 is 0.802. The second-order valence-corrected chi connectivity index (χ2v) is 8.85. The molecule has 0 aliphatic rings. The molecule has 26 heavy (non-hydrogen) atoms. The Hall–Kier alpha value is -1.99. The molecule has 4 aromatic rings. The molecule has 3 aromatic heterocycles. The quantitative estimate of drug-likeness (QED) is 0.475. The van der Waals surface area contributed by atoms with Crippen molar-refractivity contribution in [3.05, 3.63) is 64.2 Å². The number of benzene rings is 1. The summed E-state index contributed by atoms with van der Waals surface area (Å²) in [6.07, 6.45) is 6.40. The van der Waals surface area contributed by atoms with Gasteiger partial charge in [0.2, 0.25) is 0 Å². The molecular formula is C19H17ClN4S2. The van der Waals surface area contributed by atoms with Gasteiger partial charge in [0, 0.05) is 41.4 Å². The maximum Gasteiger partial charge on any atom is 0.183 e. The molecule has 0 aliphatic heterocycles. The number of thiophene rings is 1. The van der Waals surface area contributed by atoms with Crippen LogP contribution in [0.4, 0.5) is 5.13 Å². The molecule has 0 radical (unpaired) electrons. The minimum absolute atomic E-state index is 0.0187. The summed E-state index contributed by atoms with van der Waals surface area (Å²) in [5, 5.41) is 6.54. The molecule has 0 saturated heterocycles. The fraction of sp³-hybridized carbons (Fsp3) is 0.158. The maximum atomic E-state index is 6.21. The Kier molecular flexibility index (Phi) is 5.17. The zero-order valence-electron chi connectivity index (χ0n) is 13.9. The van der Waals surface area contributed by atoms with Crippen LogP contribution in [-0.2, 0) is 6.42 Å². The molecule has 1 atom stereocenters. The fourth-order valence-corrected chi connectivity index (χ4v) is 4.74. The number of hydrogen-bond donors (Lipinski definition) is 2. The largest absolute Gasteiger partial charge is 0.360 e. The Morgan fingerprint density at radius 2 is 2.00 bits per heavy atom. The van der Waals surface area contributed by atoms with Crippen LogP contribution in [0.25, 0.3) is 21.2 Å². The molecule has 4 nitrogen and oxygen atoms in total. The topological polar surface area (TPSA) is 63.8 Å². The Bertz CT molecular complexity index is 1030. The molecule has 132 valence electrons. The van der Waals surface area contributed by atoms with E-state index < -0.39 is 0 Å². The number of nitrogens with two attached hydrogens (primary N) is 1. The first-order valence-electron chi connectivity index (χ1n) is 8.21. The van der Waals surface area contributed by atoms with Gasteiger partial charge >= 0.3 is 0 Å². The summed E-state index contributed by atoms with van der Waals surface area (Å²) in [5.74, 6) is 0. The van der Waals surface area contributed by atoms with Crippen LogP contribution in [0.1, 0.15) is 4.88 Å². The first kappa shape index (κ1) is 17.4. The minimum atomic E-state index is 0.0187. The third-order valence-corrected chi connectivity index (χ3v) is 6.30. The van der Waals surface area contributed by atoms with Crippen LogP contribution in [-0.4, -0.2) is 22.6 Å². The molecule has 3 N–H and O–H groups in total. The summed E-state index contributed by atoms with van der Waals surface area (Å²) in [7, 11) is 0. The number of rotatable bonds is 6. The van der Waals surface area contributed by atoms with Crippen LogP contribution >= 0.6 is 34.3 Å². The van der Waals surface area contributed by atoms with Crippen molar-refractivity contribution in [2.45, 2.75) is 12.5 Å². The van der Waals surface area contributed by atoms with E-state index in [1.165, 1.54) is 10.3 Å². The average molecular weight is 401 g/mol. The van der Waals surface area contributed by atoms with E-state index in [0.717, 1.165) is 31.7 Å². The standard InChI is InChI=1S/C19H17ClN4S2/c20-18-4-3-16(25-18)8-15(21)10-23-19-24-11-17(26-19)13-1-2-14-9-22-6-5-12(14)7-13/h1-7,9,11,15H,8,10,21H2,(H,23,24). The van der Waals surface area contributed by atoms with Crippen LogP contribution in [0.15, 0.2) is 55.0 Å². The summed E-state index contributed by atoms with van der Waals surface area (Å²) >= 11 is 9.18.